The van der Waals surface area contributed by atoms with Crippen molar-refractivity contribution in [2.24, 2.45) is 0 Å². The number of aromatic hydroxyl groups is 1. The number of thioether (sulfide) groups is 1. The Labute approximate surface area is 184 Å². The van der Waals surface area contributed by atoms with Gasteiger partial charge in [-0.2, -0.15) is 5.26 Å². The maximum absolute atomic E-state index is 10.7. The van der Waals surface area contributed by atoms with Gasteiger partial charge in [-0.15, -0.1) is 5.10 Å². The van der Waals surface area contributed by atoms with Gasteiger partial charge < -0.3 is 20.1 Å². The molecule has 156 valence electrons. The number of aliphatic hydroxyl groups excluding tert-OH is 2. The number of hydrogen-bond donors (Lipinski definition) is 3. The van der Waals surface area contributed by atoms with Crippen molar-refractivity contribution in [2.75, 3.05) is 6.61 Å². The normalized spacial score (nSPS) is 23.9. The number of aromatic nitrogens is 4. The van der Waals surface area contributed by atoms with Crippen LogP contribution in [0.1, 0.15) is 18.0 Å². The van der Waals surface area contributed by atoms with Gasteiger partial charge in [0, 0.05) is 16.7 Å². The van der Waals surface area contributed by atoms with Crippen LogP contribution in [0.5, 0.6) is 5.19 Å². The quantitative estimate of drug-likeness (QED) is 0.518. The number of thiazole rings is 1. The van der Waals surface area contributed by atoms with Crippen molar-refractivity contribution in [1.82, 2.24) is 20.0 Å². The summed E-state index contributed by atoms with van der Waals surface area (Å²) in [5, 5.41) is 48.9. The Hall–Kier alpha value is -2.20. The van der Waals surface area contributed by atoms with E-state index in [1.165, 1.54) is 16.4 Å². The number of aliphatic hydroxyl groups is 2. The van der Waals surface area contributed by atoms with E-state index >= 15 is 0 Å². The van der Waals surface area contributed by atoms with Crippen LogP contribution >= 0.6 is 34.7 Å². The van der Waals surface area contributed by atoms with Crippen molar-refractivity contribution >= 4 is 34.7 Å². The van der Waals surface area contributed by atoms with Crippen molar-refractivity contribution in [3.05, 3.63) is 40.4 Å². The molecule has 3 N–H and O–H groups in total. The van der Waals surface area contributed by atoms with Gasteiger partial charge in [-0.25, -0.2) is 9.67 Å². The van der Waals surface area contributed by atoms with E-state index < -0.39 is 23.7 Å². The van der Waals surface area contributed by atoms with E-state index in [0.717, 1.165) is 16.2 Å². The molecule has 0 unspecified atom stereocenters. The molecule has 1 saturated heterocycles. The van der Waals surface area contributed by atoms with Gasteiger partial charge in [-0.1, -0.05) is 39.9 Å². The Morgan fingerprint density at radius 1 is 1.40 bits per heavy atom. The molecule has 3 aromatic rings. The largest absolute Gasteiger partial charge is 0.486 e. The summed E-state index contributed by atoms with van der Waals surface area (Å²) in [6, 6.07) is 6.62. The van der Waals surface area contributed by atoms with Crippen molar-refractivity contribution in [3.8, 4) is 22.7 Å². The Kier molecular flexibility index (Phi) is 6.24. The first kappa shape index (κ1) is 21.0. The summed E-state index contributed by atoms with van der Waals surface area (Å²) in [4.78, 5) is 4.77. The molecule has 1 fully saturated rings. The van der Waals surface area contributed by atoms with Crippen LogP contribution in [0.25, 0.3) is 11.4 Å². The van der Waals surface area contributed by atoms with Crippen LogP contribution in [-0.4, -0.2) is 59.5 Å². The molecule has 1 aliphatic rings. The molecule has 3 heterocycles. The lowest BCUT2D eigenvalue weighted by molar-refractivity contribution is -0.130. The molecule has 0 saturated carbocycles. The van der Waals surface area contributed by atoms with Gasteiger partial charge >= 0.3 is 0 Å². The zero-order chi connectivity index (χ0) is 21.3. The van der Waals surface area contributed by atoms with Crippen LogP contribution in [0.2, 0.25) is 5.02 Å². The zero-order valence-corrected chi connectivity index (χ0v) is 17.7. The average Bonchev–Trinajstić information content (AvgIpc) is 3.38. The lowest BCUT2D eigenvalue weighted by Crippen LogP contribution is -2.47. The van der Waals surface area contributed by atoms with Gasteiger partial charge in [-0.05, 0) is 18.2 Å². The molecule has 1 aliphatic heterocycles. The summed E-state index contributed by atoms with van der Waals surface area (Å²) < 4.78 is 7.37. The maximum atomic E-state index is 10.7. The second kappa shape index (κ2) is 8.89. The first-order chi connectivity index (χ1) is 14.5. The summed E-state index contributed by atoms with van der Waals surface area (Å²) in [6.45, 7) is -0.357. The minimum atomic E-state index is -0.991. The molecule has 12 heteroatoms. The molecule has 0 amide bonds. The monoisotopic (exact) mass is 465 g/mol. The molecule has 4 atom stereocenters. The lowest BCUT2D eigenvalue weighted by atomic mass is 10.00. The predicted molar refractivity (Wildman–Crippen MR) is 110 cm³/mol. The van der Waals surface area contributed by atoms with Gasteiger partial charge in [0.05, 0.1) is 29.4 Å². The molecule has 1 aromatic carbocycles. The van der Waals surface area contributed by atoms with E-state index in [-0.39, 0.29) is 11.8 Å². The summed E-state index contributed by atoms with van der Waals surface area (Å²) in [6.07, 6.45) is 0.244. The number of benzene rings is 1. The third kappa shape index (κ3) is 4.29. The van der Waals surface area contributed by atoms with Gasteiger partial charge in [0.25, 0.3) is 5.19 Å². The highest BCUT2D eigenvalue weighted by Crippen LogP contribution is 2.38. The van der Waals surface area contributed by atoms with Crippen molar-refractivity contribution < 1.29 is 20.1 Å². The number of ether oxygens (including phenoxy) is 1. The molecule has 0 aliphatic carbocycles. The van der Waals surface area contributed by atoms with Gasteiger partial charge in [0.1, 0.15) is 35.1 Å². The van der Waals surface area contributed by atoms with E-state index in [4.69, 9.17) is 21.6 Å². The fourth-order valence-electron chi connectivity index (χ4n) is 3.16. The van der Waals surface area contributed by atoms with Gasteiger partial charge in [0.15, 0.2) is 0 Å². The molecule has 30 heavy (non-hydrogen) atoms. The summed E-state index contributed by atoms with van der Waals surface area (Å²) in [5.74, 6) is 0. The zero-order valence-electron chi connectivity index (χ0n) is 15.3. The highest BCUT2D eigenvalue weighted by atomic mass is 35.5. The molecule has 0 bridgehead atoms. The highest BCUT2D eigenvalue weighted by molar-refractivity contribution is 7.99. The second-order valence-corrected chi connectivity index (χ2v) is 9.03. The number of hydrogen-bond acceptors (Lipinski definition) is 10. The summed E-state index contributed by atoms with van der Waals surface area (Å²) >= 11 is 8.58. The number of nitrogens with zero attached hydrogens (tertiary/aromatic N) is 5. The maximum Gasteiger partial charge on any atom is 0.271 e. The standard InChI is InChI=1S/C18H16ClN5O4S2/c19-11-3-10(2-1-9(11)5-20)30-16-4-14(17(26)15(7-25)28-16)24-6-12(22-23-24)13-8-29-18(27)21-13/h1-3,6,8,14-17,25-26H,4,7H2,(H,21,27)/t14-,15-,16-,17-/m1/s1. The van der Waals surface area contributed by atoms with Gasteiger partial charge in [-0.3, -0.25) is 0 Å². The topological polar surface area (TPSA) is 137 Å². The van der Waals surface area contributed by atoms with Crippen molar-refractivity contribution in [1.29, 1.82) is 5.26 Å². The molecule has 4 rings (SSSR count). The summed E-state index contributed by atoms with van der Waals surface area (Å²) in [5.41, 5.74) is 0.946. The minimum absolute atomic E-state index is 0.0662. The van der Waals surface area contributed by atoms with Crippen LogP contribution < -0.4 is 0 Å². The fourth-order valence-corrected chi connectivity index (χ4v) is 5.11. The van der Waals surface area contributed by atoms with E-state index in [2.05, 4.69) is 15.3 Å². The fraction of sp³-hybridized carbons (Fsp3) is 0.333. The molecular formula is C18H16ClN5O4S2. The Morgan fingerprint density at radius 2 is 2.23 bits per heavy atom. The summed E-state index contributed by atoms with van der Waals surface area (Å²) in [7, 11) is 0. The van der Waals surface area contributed by atoms with Crippen molar-refractivity contribution in [3.63, 3.8) is 0 Å². The SMILES string of the molecule is N#Cc1ccc(S[C@@H]2C[C@@H](n3cc(-c4csc(O)n4)nn3)[C@@H](O)[C@@H](CO)O2)cc1Cl. The molecular weight excluding hydrogens is 450 g/mol. The average molecular weight is 466 g/mol. The third-order valence-electron chi connectivity index (χ3n) is 4.65. The molecule has 0 spiro atoms. The predicted octanol–water partition coefficient (Wildman–Crippen LogP) is 2.43. The molecule has 0 radical (unpaired) electrons. The number of nitriles is 1. The van der Waals surface area contributed by atoms with Crippen molar-refractivity contribution in [2.45, 2.75) is 35.0 Å². The van der Waals surface area contributed by atoms with Crippen LogP contribution in [-0.2, 0) is 4.74 Å². The Morgan fingerprint density at radius 3 is 2.90 bits per heavy atom. The van der Waals surface area contributed by atoms with E-state index in [1.807, 2.05) is 6.07 Å². The van der Waals surface area contributed by atoms with E-state index in [0.29, 0.717) is 28.4 Å². The van der Waals surface area contributed by atoms with Gasteiger partial charge in [0.2, 0.25) is 0 Å². The first-order valence-electron chi connectivity index (χ1n) is 8.86. The molecule has 2 aromatic heterocycles. The Bertz CT molecular complexity index is 1080. The number of rotatable bonds is 5. The number of halogens is 1. The smallest absolute Gasteiger partial charge is 0.271 e. The van der Waals surface area contributed by atoms with E-state index in [9.17, 15) is 15.3 Å². The Balaban J connectivity index is 1.55. The molecule has 9 nitrogen and oxygen atoms in total. The van der Waals surface area contributed by atoms with Crippen LogP contribution in [0, 0.1) is 11.3 Å². The third-order valence-corrected chi connectivity index (χ3v) is 6.70. The first-order valence-corrected chi connectivity index (χ1v) is 11.0. The second-order valence-electron chi connectivity index (χ2n) is 6.55. The minimum Gasteiger partial charge on any atom is -0.486 e. The highest BCUT2D eigenvalue weighted by Gasteiger charge is 2.39. The lowest BCUT2D eigenvalue weighted by Gasteiger charge is -2.38. The van der Waals surface area contributed by atoms with Crippen LogP contribution in [0.15, 0.2) is 34.7 Å². The van der Waals surface area contributed by atoms with Crippen LogP contribution in [0.4, 0.5) is 0 Å². The van der Waals surface area contributed by atoms with E-state index in [1.54, 1.807) is 29.8 Å². The van der Waals surface area contributed by atoms with Crippen LogP contribution in [0.3, 0.4) is 0 Å².